The number of hydrogen-bond acceptors (Lipinski definition) is 5. The first-order valence-electron chi connectivity index (χ1n) is 4.07. The van der Waals surface area contributed by atoms with Gasteiger partial charge in [0.05, 0.1) is 12.3 Å². The van der Waals surface area contributed by atoms with Crippen molar-refractivity contribution in [2.45, 2.75) is 0 Å². The monoisotopic (exact) mass is 197 g/mol. The first-order chi connectivity index (χ1) is 6.65. The lowest BCUT2D eigenvalue weighted by Gasteiger charge is -2.15. The number of likely N-dealkylation sites (N-methyl/N-ethyl adjacent to an activating group) is 1. The summed E-state index contributed by atoms with van der Waals surface area (Å²) < 4.78 is 0. The number of nitrogens with zero attached hydrogens (tertiary/aromatic N) is 3. The number of aliphatic hydroxyl groups is 1. The molecule has 0 amide bonds. The number of aliphatic hydroxyl groups excluding tert-OH is 1. The van der Waals surface area contributed by atoms with Crippen LogP contribution in [0.15, 0.2) is 18.3 Å². The van der Waals surface area contributed by atoms with Crippen molar-refractivity contribution in [1.82, 2.24) is 4.98 Å². The molecule has 6 nitrogen and oxygen atoms in total. The van der Waals surface area contributed by atoms with Crippen LogP contribution < -0.4 is 4.90 Å². The second-order valence-electron chi connectivity index (χ2n) is 2.78. The lowest BCUT2D eigenvalue weighted by molar-refractivity contribution is -0.389. The smallest absolute Gasteiger partial charge is 0.363 e. The summed E-state index contributed by atoms with van der Waals surface area (Å²) in [6, 6.07) is 2.93. The van der Waals surface area contributed by atoms with E-state index in [0.29, 0.717) is 6.54 Å². The Bertz CT molecular complexity index is 312. The quantitative estimate of drug-likeness (QED) is 0.559. The molecule has 0 bridgehead atoms. The van der Waals surface area contributed by atoms with Gasteiger partial charge in [0.25, 0.3) is 0 Å². The number of aromatic nitrogens is 1. The van der Waals surface area contributed by atoms with E-state index in [4.69, 9.17) is 5.11 Å². The molecule has 76 valence electrons. The summed E-state index contributed by atoms with van der Waals surface area (Å²) in [5.41, 5.74) is 0.740. The number of pyridine rings is 1. The minimum absolute atomic E-state index is 0.0352. The summed E-state index contributed by atoms with van der Waals surface area (Å²) in [7, 11) is 1.78. The summed E-state index contributed by atoms with van der Waals surface area (Å²) in [6.07, 6.45) is 1.41. The van der Waals surface area contributed by atoms with Crippen LogP contribution in [0.1, 0.15) is 0 Å². The van der Waals surface area contributed by atoms with Gasteiger partial charge in [-0.25, -0.2) is 0 Å². The Hall–Kier alpha value is -1.69. The molecule has 1 heterocycles. The van der Waals surface area contributed by atoms with Crippen LogP contribution in [0.25, 0.3) is 0 Å². The summed E-state index contributed by atoms with van der Waals surface area (Å²) in [5, 5.41) is 19.0. The first-order valence-corrected chi connectivity index (χ1v) is 4.07. The second-order valence-corrected chi connectivity index (χ2v) is 2.78. The van der Waals surface area contributed by atoms with Crippen LogP contribution in [0.2, 0.25) is 0 Å². The van der Waals surface area contributed by atoms with Gasteiger partial charge in [-0.15, -0.1) is 0 Å². The summed E-state index contributed by atoms with van der Waals surface area (Å²) >= 11 is 0. The molecule has 1 N–H and O–H groups in total. The molecule has 0 aliphatic carbocycles. The van der Waals surface area contributed by atoms with Crippen molar-refractivity contribution in [3.63, 3.8) is 0 Å². The third-order valence-corrected chi connectivity index (χ3v) is 1.80. The largest absolute Gasteiger partial charge is 0.395 e. The van der Waals surface area contributed by atoms with E-state index in [0.717, 1.165) is 5.69 Å². The van der Waals surface area contributed by atoms with Gasteiger partial charge in [-0.05, 0) is 16.0 Å². The van der Waals surface area contributed by atoms with Gasteiger partial charge in [-0.1, -0.05) is 0 Å². The third kappa shape index (κ3) is 2.40. The third-order valence-electron chi connectivity index (χ3n) is 1.80. The molecule has 1 rings (SSSR count). The maximum absolute atomic E-state index is 10.3. The number of rotatable bonds is 4. The highest BCUT2D eigenvalue weighted by Crippen LogP contribution is 2.14. The van der Waals surface area contributed by atoms with Gasteiger partial charge in [0.1, 0.15) is 0 Å². The highest BCUT2D eigenvalue weighted by molar-refractivity contribution is 5.45. The average Bonchev–Trinajstić information content (AvgIpc) is 2.18. The molecule has 6 heteroatoms. The second kappa shape index (κ2) is 4.52. The highest BCUT2D eigenvalue weighted by Gasteiger charge is 2.08. The van der Waals surface area contributed by atoms with E-state index in [1.54, 1.807) is 18.0 Å². The van der Waals surface area contributed by atoms with Crippen molar-refractivity contribution in [2.75, 3.05) is 25.1 Å². The molecule has 0 saturated heterocycles. The van der Waals surface area contributed by atoms with Gasteiger partial charge in [-0.3, -0.25) is 0 Å². The molecule has 0 unspecified atom stereocenters. The zero-order valence-corrected chi connectivity index (χ0v) is 7.75. The van der Waals surface area contributed by atoms with Crippen LogP contribution in [-0.4, -0.2) is 35.2 Å². The van der Waals surface area contributed by atoms with E-state index in [1.807, 2.05) is 0 Å². The molecule has 0 aliphatic heterocycles. The van der Waals surface area contributed by atoms with E-state index in [1.165, 1.54) is 12.3 Å². The SMILES string of the molecule is CN(CCO)c1ccc([N+](=O)[O-])nc1. The molecule has 1 aromatic heterocycles. The molecule has 1 aromatic rings. The zero-order chi connectivity index (χ0) is 10.6. The Balaban J connectivity index is 2.77. The van der Waals surface area contributed by atoms with Crippen molar-refractivity contribution >= 4 is 11.5 Å². The van der Waals surface area contributed by atoms with Crippen molar-refractivity contribution in [3.05, 3.63) is 28.4 Å². The van der Waals surface area contributed by atoms with Gasteiger partial charge in [0, 0.05) is 19.7 Å². The van der Waals surface area contributed by atoms with Gasteiger partial charge in [0.2, 0.25) is 0 Å². The van der Waals surface area contributed by atoms with E-state index in [9.17, 15) is 10.1 Å². The fraction of sp³-hybridized carbons (Fsp3) is 0.375. The van der Waals surface area contributed by atoms with Gasteiger partial charge < -0.3 is 20.1 Å². The normalized spacial score (nSPS) is 9.86. The van der Waals surface area contributed by atoms with Gasteiger partial charge in [0.15, 0.2) is 6.20 Å². The minimum Gasteiger partial charge on any atom is -0.395 e. The lowest BCUT2D eigenvalue weighted by atomic mass is 10.3. The van der Waals surface area contributed by atoms with Crippen molar-refractivity contribution < 1.29 is 10.0 Å². The Labute approximate surface area is 81.0 Å². The first kappa shape index (κ1) is 10.4. The summed E-state index contributed by atoms with van der Waals surface area (Å²) in [5.74, 6) is -0.175. The molecule has 0 saturated carbocycles. The van der Waals surface area contributed by atoms with Crippen LogP contribution in [0.4, 0.5) is 11.5 Å². The van der Waals surface area contributed by atoms with Gasteiger partial charge in [-0.2, -0.15) is 0 Å². The zero-order valence-electron chi connectivity index (χ0n) is 7.75. The van der Waals surface area contributed by atoms with Crippen LogP contribution >= 0.6 is 0 Å². The Kier molecular flexibility index (Phi) is 3.35. The molecule has 0 fully saturated rings. The molecule has 0 atom stereocenters. The Morgan fingerprint density at radius 2 is 2.36 bits per heavy atom. The standard InChI is InChI=1S/C8H11N3O3/c1-10(4-5-12)7-2-3-8(9-6-7)11(13)14/h2-3,6,12H,4-5H2,1H3. The molecule has 0 spiro atoms. The lowest BCUT2D eigenvalue weighted by Crippen LogP contribution is -2.21. The fourth-order valence-corrected chi connectivity index (χ4v) is 0.991. The van der Waals surface area contributed by atoms with Crippen LogP contribution in [-0.2, 0) is 0 Å². The minimum atomic E-state index is -0.546. The Morgan fingerprint density at radius 1 is 1.64 bits per heavy atom. The number of nitro groups is 1. The van der Waals surface area contributed by atoms with E-state index < -0.39 is 4.92 Å². The predicted molar refractivity (Wildman–Crippen MR) is 51.2 cm³/mol. The van der Waals surface area contributed by atoms with Gasteiger partial charge >= 0.3 is 5.82 Å². The molecular formula is C8H11N3O3. The molecule has 0 aliphatic rings. The van der Waals surface area contributed by atoms with Crippen LogP contribution in [0.5, 0.6) is 0 Å². The molecule has 0 aromatic carbocycles. The fourth-order valence-electron chi connectivity index (χ4n) is 0.991. The highest BCUT2D eigenvalue weighted by atomic mass is 16.6. The molecular weight excluding hydrogens is 186 g/mol. The predicted octanol–water partition coefficient (Wildman–Crippen LogP) is 0.418. The van der Waals surface area contributed by atoms with E-state index in [-0.39, 0.29) is 12.4 Å². The average molecular weight is 197 g/mol. The van der Waals surface area contributed by atoms with Crippen molar-refractivity contribution in [3.8, 4) is 0 Å². The summed E-state index contributed by atoms with van der Waals surface area (Å²) in [6.45, 7) is 0.507. The van der Waals surface area contributed by atoms with E-state index >= 15 is 0 Å². The number of hydrogen-bond donors (Lipinski definition) is 1. The maximum atomic E-state index is 10.3. The molecule has 0 radical (unpaired) electrons. The van der Waals surface area contributed by atoms with Crippen LogP contribution in [0.3, 0.4) is 0 Å². The summed E-state index contributed by atoms with van der Waals surface area (Å²) in [4.78, 5) is 15.2. The van der Waals surface area contributed by atoms with Crippen molar-refractivity contribution in [1.29, 1.82) is 0 Å². The topological polar surface area (TPSA) is 79.5 Å². The molecule has 14 heavy (non-hydrogen) atoms. The maximum Gasteiger partial charge on any atom is 0.363 e. The number of anilines is 1. The van der Waals surface area contributed by atoms with E-state index in [2.05, 4.69) is 4.98 Å². The Morgan fingerprint density at radius 3 is 2.79 bits per heavy atom. The van der Waals surface area contributed by atoms with Crippen LogP contribution in [0, 0.1) is 10.1 Å². The van der Waals surface area contributed by atoms with Crippen molar-refractivity contribution in [2.24, 2.45) is 0 Å².